The molecule has 9 nitrogen and oxygen atoms in total. The first-order valence-corrected chi connectivity index (χ1v) is 13.6. The van der Waals surface area contributed by atoms with Crippen LogP contribution in [-0.4, -0.2) is 49.8 Å². The molecule has 2 N–H and O–H groups in total. The van der Waals surface area contributed by atoms with Crippen molar-refractivity contribution in [2.75, 3.05) is 5.75 Å². The maximum atomic E-state index is 12.8. The van der Waals surface area contributed by atoms with Gasteiger partial charge in [-0.05, 0) is 43.0 Å². The van der Waals surface area contributed by atoms with Crippen LogP contribution in [0, 0.1) is 5.92 Å². The fourth-order valence-electron chi connectivity index (χ4n) is 2.36. The topological polar surface area (TPSA) is 128 Å². The van der Waals surface area contributed by atoms with Gasteiger partial charge in [0, 0.05) is 16.4 Å². The summed E-state index contributed by atoms with van der Waals surface area (Å²) in [4.78, 5) is 37.5. The summed E-state index contributed by atoms with van der Waals surface area (Å²) in [6, 6.07) is 6.52. The van der Waals surface area contributed by atoms with Gasteiger partial charge in [0.2, 0.25) is 5.91 Å². The molecular weight excluding hydrogens is 480 g/mol. The standard InChI is InChI=1S/C20H29ClN2O7S2/c1-13(2)16(18(25)30-20(3,4)5)23-17(24)15(12-31-32(21,27)28)22-19(26)29-11-14-9-7-6-8-10-14/h6-10,13,15-16H,11-12H2,1-5H3,(H,22,26)(H,23,24)/t15-,16+/m0/s1. The Labute approximate surface area is 196 Å². The van der Waals surface area contributed by atoms with Crippen LogP contribution in [0.5, 0.6) is 0 Å². The maximum Gasteiger partial charge on any atom is 0.408 e. The number of carbonyl (C=O) groups is 3. The van der Waals surface area contributed by atoms with Crippen LogP contribution in [0.15, 0.2) is 30.3 Å². The van der Waals surface area contributed by atoms with Gasteiger partial charge in [-0.3, -0.25) is 4.79 Å². The molecule has 0 saturated heterocycles. The average molecular weight is 509 g/mol. The maximum absolute atomic E-state index is 12.8. The third-order valence-corrected chi connectivity index (χ3v) is 6.63. The number of amides is 2. The minimum atomic E-state index is -4.00. The lowest BCUT2D eigenvalue weighted by molar-refractivity contribution is -0.160. The van der Waals surface area contributed by atoms with Gasteiger partial charge in [0.25, 0.3) is 8.08 Å². The van der Waals surface area contributed by atoms with Crippen LogP contribution in [0.2, 0.25) is 0 Å². The molecule has 0 aliphatic carbocycles. The van der Waals surface area contributed by atoms with E-state index < -0.39 is 49.5 Å². The van der Waals surface area contributed by atoms with Gasteiger partial charge in [0.05, 0.1) is 0 Å². The molecule has 0 radical (unpaired) electrons. The Hall–Kier alpha value is -1.98. The van der Waals surface area contributed by atoms with Gasteiger partial charge in [-0.15, -0.1) is 0 Å². The van der Waals surface area contributed by atoms with Crippen molar-refractivity contribution >= 4 is 47.5 Å². The molecule has 0 aliphatic rings. The van der Waals surface area contributed by atoms with Crippen LogP contribution < -0.4 is 10.6 Å². The summed E-state index contributed by atoms with van der Waals surface area (Å²) < 4.78 is 33.1. The Kier molecular flexibility index (Phi) is 10.8. The van der Waals surface area contributed by atoms with Gasteiger partial charge in [0.1, 0.15) is 24.3 Å². The number of rotatable bonds is 10. The second-order valence-electron chi connectivity index (χ2n) is 8.20. The molecule has 0 unspecified atom stereocenters. The van der Waals surface area contributed by atoms with Crippen LogP contribution in [0.1, 0.15) is 40.2 Å². The Balaban J connectivity index is 2.88. The van der Waals surface area contributed by atoms with Crippen molar-refractivity contribution in [3.8, 4) is 0 Å². The van der Waals surface area contributed by atoms with Crippen LogP contribution in [0.25, 0.3) is 0 Å². The van der Waals surface area contributed by atoms with Crippen molar-refractivity contribution in [1.29, 1.82) is 0 Å². The molecule has 0 heterocycles. The van der Waals surface area contributed by atoms with E-state index in [1.165, 1.54) is 0 Å². The van der Waals surface area contributed by atoms with E-state index in [4.69, 9.17) is 20.2 Å². The third kappa shape index (κ3) is 11.6. The first-order valence-electron chi connectivity index (χ1n) is 9.77. The molecule has 0 spiro atoms. The number of halogens is 1. The van der Waals surface area contributed by atoms with Crippen molar-refractivity contribution in [2.24, 2.45) is 5.92 Å². The Morgan fingerprint density at radius 2 is 1.69 bits per heavy atom. The number of carbonyl (C=O) groups excluding carboxylic acids is 3. The van der Waals surface area contributed by atoms with Gasteiger partial charge in [-0.2, -0.15) is 0 Å². The summed E-state index contributed by atoms with van der Waals surface area (Å²) in [5.41, 5.74) is -0.0395. The van der Waals surface area contributed by atoms with E-state index in [0.29, 0.717) is 0 Å². The Morgan fingerprint density at radius 1 is 1.09 bits per heavy atom. The van der Waals surface area contributed by atoms with Crippen molar-refractivity contribution in [2.45, 2.75) is 58.9 Å². The minimum absolute atomic E-state index is 0.0471. The highest BCUT2D eigenvalue weighted by atomic mass is 35.8. The Morgan fingerprint density at radius 3 is 2.19 bits per heavy atom. The zero-order valence-electron chi connectivity index (χ0n) is 18.6. The second kappa shape index (κ2) is 12.3. The molecule has 32 heavy (non-hydrogen) atoms. The van der Waals surface area contributed by atoms with Gasteiger partial charge in [-0.25, -0.2) is 18.0 Å². The molecule has 1 rings (SSSR count). The smallest absolute Gasteiger partial charge is 0.408 e. The van der Waals surface area contributed by atoms with Crippen molar-refractivity contribution in [3.05, 3.63) is 35.9 Å². The van der Waals surface area contributed by atoms with Crippen molar-refractivity contribution in [1.82, 2.24) is 10.6 Å². The zero-order chi connectivity index (χ0) is 24.5. The lowest BCUT2D eigenvalue weighted by Crippen LogP contribution is -2.55. The summed E-state index contributed by atoms with van der Waals surface area (Å²) in [7, 11) is 1.49. The molecule has 1 aromatic carbocycles. The highest BCUT2D eigenvalue weighted by Crippen LogP contribution is 2.19. The molecule has 0 saturated carbocycles. The van der Waals surface area contributed by atoms with E-state index in [0.717, 1.165) is 5.56 Å². The molecule has 180 valence electrons. The van der Waals surface area contributed by atoms with Crippen LogP contribution in [0.4, 0.5) is 4.79 Å². The number of esters is 1. The fourth-order valence-corrected chi connectivity index (χ4v) is 4.25. The summed E-state index contributed by atoms with van der Waals surface area (Å²) in [6.45, 7) is 8.46. The largest absolute Gasteiger partial charge is 0.458 e. The van der Waals surface area contributed by atoms with E-state index in [1.54, 1.807) is 58.9 Å². The number of alkyl carbamates (subject to hydrolysis) is 1. The van der Waals surface area contributed by atoms with Crippen LogP contribution in [0.3, 0.4) is 0 Å². The van der Waals surface area contributed by atoms with Gasteiger partial charge in [0.15, 0.2) is 0 Å². The molecule has 0 bridgehead atoms. The second-order valence-corrected chi connectivity index (χ2v) is 13.3. The number of ether oxygens (including phenoxy) is 2. The SMILES string of the molecule is CC(C)[C@@H](NC(=O)[C@H](CSS(=O)(=O)Cl)NC(=O)OCc1ccccc1)C(=O)OC(C)(C)C. The van der Waals surface area contributed by atoms with E-state index in [9.17, 15) is 22.8 Å². The first kappa shape index (κ1) is 28.1. The highest BCUT2D eigenvalue weighted by molar-refractivity contribution is 8.80. The molecule has 12 heteroatoms. The van der Waals surface area contributed by atoms with E-state index in [2.05, 4.69) is 10.6 Å². The number of nitrogens with one attached hydrogen (secondary N) is 2. The number of hydrogen-bond acceptors (Lipinski definition) is 8. The van der Waals surface area contributed by atoms with Gasteiger partial charge in [-0.1, -0.05) is 44.2 Å². The van der Waals surface area contributed by atoms with Gasteiger partial charge < -0.3 is 20.1 Å². The normalized spacial score (nSPS) is 13.7. The molecule has 0 fully saturated rings. The van der Waals surface area contributed by atoms with Gasteiger partial charge >= 0.3 is 12.1 Å². The first-order chi connectivity index (χ1) is 14.7. The molecule has 0 aliphatic heterocycles. The summed E-state index contributed by atoms with van der Waals surface area (Å²) in [5.74, 6) is -2.15. The Bertz CT molecular complexity index is 887. The summed E-state index contributed by atoms with van der Waals surface area (Å²) >= 11 is 0. The molecule has 1 aromatic rings. The monoisotopic (exact) mass is 508 g/mol. The van der Waals surface area contributed by atoms with Crippen LogP contribution in [-0.2, 0) is 33.8 Å². The average Bonchev–Trinajstić information content (AvgIpc) is 2.65. The lowest BCUT2D eigenvalue weighted by atomic mass is 10.0. The minimum Gasteiger partial charge on any atom is -0.458 e. The lowest BCUT2D eigenvalue weighted by Gasteiger charge is -2.28. The molecule has 0 aromatic heterocycles. The van der Waals surface area contributed by atoms with E-state index in [-0.39, 0.29) is 23.3 Å². The molecule has 2 amide bonds. The summed E-state index contributed by atoms with van der Waals surface area (Å²) in [5, 5.41) is 4.84. The predicted molar refractivity (Wildman–Crippen MR) is 123 cm³/mol. The van der Waals surface area contributed by atoms with E-state index in [1.807, 2.05) is 6.07 Å². The highest BCUT2D eigenvalue weighted by Gasteiger charge is 2.32. The zero-order valence-corrected chi connectivity index (χ0v) is 21.0. The van der Waals surface area contributed by atoms with Crippen molar-refractivity contribution in [3.63, 3.8) is 0 Å². The summed E-state index contributed by atoms with van der Waals surface area (Å²) in [6.07, 6.45) is -0.931. The van der Waals surface area contributed by atoms with E-state index >= 15 is 0 Å². The third-order valence-electron chi connectivity index (χ3n) is 3.82. The molecule has 2 atom stereocenters. The number of hydrogen-bond donors (Lipinski definition) is 2. The fraction of sp³-hybridized carbons (Fsp3) is 0.550. The quantitative estimate of drug-likeness (QED) is 0.280. The number of benzene rings is 1. The molecular formula is C20H29ClN2O7S2. The predicted octanol–water partition coefficient (Wildman–Crippen LogP) is 2.98. The van der Waals surface area contributed by atoms with Crippen LogP contribution >= 0.6 is 21.5 Å². The van der Waals surface area contributed by atoms with Crippen molar-refractivity contribution < 1.29 is 32.3 Å².